The number of para-hydroxylation sites is 1. The highest BCUT2D eigenvalue weighted by molar-refractivity contribution is 6.01. The number of nitrogens with one attached hydrogen (secondary N) is 1. The van der Waals surface area contributed by atoms with Crippen molar-refractivity contribution < 1.29 is 14.0 Å². The number of aromatic nitrogens is 4. The van der Waals surface area contributed by atoms with Crippen molar-refractivity contribution in [1.29, 1.82) is 0 Å². The fourth-order valence-corrected chi connectivity index (χ4v) is 4.75. The van der Waals surface area contributed by atoms with E-state index < -0.39 is 6.04 Å². The van der Waals surface area contributed by atoms with Gasteiger partial charge in [-0.25, -0.2) is 0 Å². The highest BCUT2D eigenvalue weighted by Gasteiger charge is 2.37. The molecule has 1 N–H and O–H groups in total. The second-order valence-electron chi connectivity index (χ2n) is 9.47. The summed E-state index contributed by atoms with van der Waals surface area (Å²) in [7, 11) is 0. The molecule has 190 valence electrons. The van der Waals surface area contributed by atoms with Crippen LogP contribution >= 0.6 is 0 Å². The van der Waals surface area contributed by atoms with Crippen molar-refractivity contribution in [3.63, 3.8) is 0 Å². The Morgan fingerprint density at radius 1 is 1.05 bits per heavy atom. The number of anilines is 1. The first-order valence-electron chi connectivity index (χ1n) is 12.6. The van der Waals surface area contributed by atoms with Crippen LogP contribution in [0.5, 0.6) is 0 Å². The molecule has 1 saturated carbocycles. The van der Waals surface area contributed by atoms with Crippen molar-refractivity contribution in [2.75, 3.05) is 4.90 Å². The quantitative estimate of drug-likeness (QED) is 0.386. The lowest BCUT2D eigenvalue weighted by Gasteiger charge is -2.31. The molecule has 0 spiro atoms. The van der Waals surface area contributed by atoms with Crippen LogP contribution in [0.4, 0.5) is 5.69 Å². The summed E-state index contributed by atoms with van der Waals surface area (Å²) in [6, 6.07) is 17.8. The van der Waals surface area contributed by atoms with E-state index >= 15 is 0 Å². The monoisotopic (exact) mass is 498 g/mol. The molecule has 1 fully saturated rings. The van der Waals surface area contributed by atoms with Gasteiger partial charge in [-0.15, -0.1) is 10.2 Å². The molecule has 0 bridgehead atoms. The van der Waals surface area contributed by atoms with Gasteiger partial charge in [0.25, 0.3) is 11.8 Å². The fraction of sp³-hybridized carbons (Fsp3) is 0.321. The molecule has 0 saturated heterocycles. The van der Waals surface area contributed by atoms with Crippen LogP contribution in [-0.4, -0.2) is 38.1 Å². The van der Waals surface area contributed by atoms with Crippen LogP contribution in [-0.2, 0) is 16.1 Å². The van der Waals surface area contributed by atoms with Gasteiger partial charge in [0.05, 0.1) is 6.26 Å². The van der Waals surface area contributed by atoms with E-state index in [1.165, 1.54) is 16.0 Å². The lowest BCUT2D eigenvalue weighted by molar-refractivity contribution is -0.128. The van der Waals surface area contributed by atoms with Crippen molar-refractivity contribution in [1.82, 2.24) is 25.5 Å². The van der Waals surface area contributed by atoms with Gasteiger partial charge in [-0.2, -0.15) is 4.80 Å². The zero-order valence-corrected chi connectivity index (χ0v) is 21.0. The Balaban J connectivity index is 1.48. The van der Waals surface area contributed by atoms with Crippen LogP contribution in [0, 0.1) is 13.8 Å². The number of benzene rings is 2. The largest absolute Gasteiger partial charge is 0.467 e. The minimum absolute atomic E-state index is 0.0906. The number of nitrogens with zero attached hydrogens (tertiary/aromatic N) is 5. The molecular formula is C28H30N6O3. The first kappa shape index (κ1) is 24.4. The number of tetrazole rings is 1. The maximum Gasteiger partial charge on any atom is 0.251 e. The van der Waals surface area contributed by atoms with Crippen molar-refractivity contribution in [3.8, 4) is 11.4 Å². The first-order valence-corrected chi connectivity index (χ1v) is 12.6. The lowest BCUT2D eigenvalue weighted by atomic mass is 10.1. The first-order chi connectivity index (χ1) is 18.0. The summed E-state index contributed by atoms with van der Waals surface area (Å²) in [5.74, 6) is 0.186. The number of carbonyl (C=O) groups excluding carboxylic acids is 2. The minimum atomic E-state index is -0.982. The van der Waals surface area contributed by atoms with Crippen LogP contribution < -0.4 is 10.2 Å². The average molecular weight is 499 g/mol. The Bertz CT molecular complexity index is 1360. The van der Waals surface area contributed by atoms with E-state index in [-0.39, 0.29) is 24.4 Å². The van der Waals surface area contributed by atoms with Gasteiger partial charge in [0.15, 0.2) is 6.04 Å². The molecule has 5 rings (SSSR count). The van der Waals surface area contributed by atoms with E-state index in [0.717, 1.165) is 42.4 Å². The van der Waals surface area contributed by atoms with Gasteiger partial charge in [0.2, 0.25) is 5.82 Å². The van der Waals surface area contributed by atoms with E-state index in [1.54, 1.807) is 12.1 Å². The number of aryl methyl sites for hydroxylation is 2. The predicted molar refractivity (Wildman–Crippen MR) is 139 cm³/mol. The van der Waals surface area contributed by atoms with Crippen molar-refractivity contribution >= 4 is 17.5 Å². The van der Waals surface area contributed by atoms with E-state index in [1.807, 2.05) is 62.4 Å². The van der Waals surface area contributed by atoms with E-state index in [0.29, 0.717) is 17.3 Å². The van der Waals surface area contributed by atoms with Gasteiger partial charge in [-0.3, -0.25) is 14.5 Å². The highest BCUT2D eigenvalue weighted by atomic mass is 16.3. The topological polar surface area (TPSA) is 106 Å². The molecular weight excluding hydrogens is 468 g/mol. The molecule has 9 heteroatoms. The minimum Gasteiger partial charge on any atom is -0.467 e. The Morgan fingerprint density at radius 3 is 2.51 bits per heavy atom. The SMILES string of the molecule is Cc1ccc(-c2nnn(CC(=O)N(c3ccccc3C)C(C(=O)NC3CCCC3)c3ccco3)n2)cc1. The Kier molecular flexibility index (Phi) is 7.11. The molecule has 2 aromatic heterocycles. The summed E-state index contributed by atoms with van der Waals surface area (Å²) < 4.78 is 5.69. The Labute approximate surface area is 215 Å². The fourth-order valence-electron chi connectivity index (χ4n) is 4.75. The third-order valence-electron chi connectivity index (χ3n) is 6.70. The molecule has 0 aliphatic heterocycles. The summed E-state index contributed by atoms with van der Waals surface area (Å²) in [4.78, 5) is 30.3. The smallest absolute Gasteiger partial charge is 0.251 e. The van der Waals surface area contributed by atoms with Gasteiger partial charge in [0, 0.05) is 17.3 Å². The number of rotatable bonds is 8. The summed E-state index contributed by atoms with van der Waals surface area (Å²) in [6.07, 6.45) is 5.54. The molecule has 0 radical (unpaired) electrons. The van der Waals surface area contributed by atoms with Gasteiger partial charge in [-0.05, 0) is 55.7 Å². The summed E-state index contributed by atoms with van der Waals surface area (Å²) >= 11 is 0. The van der Waals surface area contributed by atoms with Gasteiger partial charge >= 0.3 is 0 Å². The van der Waals surface area contributed by atoms with E-state index in [4.69, 9.17) is 4.42 Å². The van der Waals surface area contributed by atoms with Crippen LogP contribution in [0.3, 0.4) is 0 Å². The number of hydrogen-bond acceptors (Lipinski definition) is 6. The number of hydrogen-bond donors (Lipinski definition) is 1. The molecule has 9 nitrogen and oxygen atoms in total. The average Bonchev–Trinajstić information content (AvgIpc) is 3.67. The molecule has 1 unspecified atom stereocenters. The van der Waals surface area contributed by atoms with Crippen LogP contribution in [0.15, 0.2) is 71.3 Å². The van der Waals surface area contributed by atoms with Gasteiger partial charge in [-0.1, -0.05) is 60.9 Å². The summed E-state index contributed by atoms with van der Waals surface area (Å²) in [6.45, 7) is 3.72. The van der Waals surface area contributed by atoms with Gasteiger partial charge in [0.1, 0.15) is 12.3 Å². The molecule has 1 aliphatic rings. The molecule has 1 aliphatic carbocycles. The number of carbonyl (C=O) groups is 2. The molecule has 2 heterocycles. The predicted octanol–water partition coefficient (Wildman–Crippen LogP) is 4.38. The summed E-state index contributed by atoms with van der Waals surface area (Å²) in [5, 5.41) is 15.8. The molecule has 4 aromatic rings. The van der Waals surface area contributed by atoms with Crippen molar-refractivity contribution in [2.24, 2.45) is 0 Å². The number of amides is 2. The van der Waals surface area contributed by atoms with Crippen LogP contribution in [0.1, 0.15) is 48.6 Å². The van der Waals surface area contributed by atoms with Gasteiger partial charge < -0.3 is 9.73 Å². The zero-order valence-electron chi connectivity index (χ0n) is 21.0. The van der Waals surface area contributed by atoms with Crippen molar-refractivity contribution in [3.05, 3.63) is 83.8 Å². The molecule has 37 heavy (non-hydrogen) atoms. The third kappa shape index (κ3) is 5.45. The van der Waals surface area contributed by atoms with Crippen LogP contribution in [0.2, 0.25) is 0 Å². The maximum absolute atomic E-state index is 13.9. The highest BCUT2D eigenvalue weighted by Crippen LogP contribution is 2.32. The third-order valence-corrected chi connectivity index (χ3v) is 6.70. The molecule has 2 amide bonds. The summed E-state index contributed by atoms with van der Waals surface area (Å²) in [5.41, 5.74) is 3.41. The van der Waals surface area contributed by atoms with Crippen molar-refractivity contribution in [2.45, 2.75) is 58.2 Å². The normalized spacial score (nSPS) is 14.4. The van der Waals surface area contributed by atoms with Crippen LogP contribution in [0.25, 0.3) is 11.4 Å². The molecule has 1 atom stereocenters. The molecule has 2 aromatic carbocycles. The lowest BCUT2D eigenvalue weighted by Crippen LogP contribution is -2.47. The second-order valence-corrected chi connectivity index (χ2v) is 9.47. The number of furan rings is 1. The standard InChI is InChI=1S/C28H30N6O3/c1-19-13-15-21(16-14-19)27-30-32-33(31-27)18-25(35)34(23-11-6-3-8-20(23)2)26(24-12-7-17-37-24)28(36)29-22-9-4-5-10-22/h3,6-8,11-17,22,26H,4-5,9-10,18H2,1-2H3,(H,29,36). The zero-order chi connectivity index (χ0) is 25.8. The van der Waals surface area contributed by atoms with E-state index in [9.17, 15) is 9.59 Å². The Hall–Kier alpha value is -4.27. The second kappa shape index (κ2) is 10.8. The Morgan fingerprint density at radius 2 is 1.81 bits per heavy atom. The maximum atomic E-state index is 13.9. The van der Waals surface area contributed by atoms with E-state index in [2.05, 4.69) is 20.7 Å².